The molecule has 0 aliphatic carbocycles. The molecule has 1 fully saturated rings. The summed E-state index contributed by atoms with van der Waals surface area (Å²) in [7, 11) is 1.27. The second-order valence-electron chi connectivity index (χ2n) is 6.46. The van der Waals surface area contributed by atoms with E-state index in [2.05, 4.69) is 4.98 Å². The van der Waals surface area contributed by atoms with Gasteiger partial charge in [-0.15, -0.1) is 0 Å². The summed E-state index contributed by atoms with van der Waals surface area (Å²) in [5, 5.41) is 11.4. The Hall–Kier alpha value is -3.11. The zero-order valence-electron chi connectivity index (χ0n) is 15.4. The van der Waals surface area contributed by atoms with Gasteiger partial charge in [-0.3, -0.25) is 10.1 Å². The van der Waals surface area contributed by atoms with Crippen molar-refractivity contribution in [3.8, 4) is 5.75 Å². The van der Waals surface area contributed by atoms with Crippen molar-refractivity contribution in [3.05, 3.63) is 52.0 Å². The van der Waals surface area contributed by atoms with Crippen molar-refractivity contribution in [2.45, 2.75) is 12.6 Å². The van der Waals surface area contributed by atoms with Gasteiger partial charge in [0.05, 0.1) is 23.7 Å². The van der Waals surface area contributed by atoms with Crippen molar-refractivity contribution in [2.75, 3.05) is 43.1 Å². The van der Waals surface area contributed by atoms with Crippen molar-refractivity contribution in [2.24, 2.45) is 0 Å². The average Bonchev–Trinajstić information content (AvgIpc) is 2.93. The van der Waals surface area contributed by atoms with E-state index >= 15 is 0 Å². The van der Waals surface area contributed by atoms with E-state index in [1.807, 2.05) is 4.90 Å². The van der Waals surface area contributed by atoms with Crippen LogP contribution >= 0.6 is 0 Å². The number of rotatable bonds is 4. The van der Waals surface area contributed by atoms with Crippen molar-refractivity contribution in [3.63, 3.8) is 0 Å². The molecule has 3 rings (SSSR count). The first kappa shape index (κ1) is 20.6. The van der Waals surface area contributed by atoms with Gasteiger partial charge >= 0.3 is 6.18 Å². The van der Waals surface area contributed by atoms with Crippen molar-refractivity contribution >= 4 is 17.2 Å². The van der Waals surface area contributed by atoms with Crippen LogP contribution in [0.5, 0.6) is 5.75 Å². The lowest BCUT2D eigenvalue weighted by atomic mass is 10.2. The van der Waals surface area contributed by atoms with Crippen LogP contribution in [0.4, 0.5) is 34.8 Å². The Morgan fingerprint density at radius 2 is 1.83 bits per heavy atom. The van der Waals surface area contributed by atoms with Crippen LogP contribution in [0.1, 0.15) is 12.0 Å². The Labute approximate surface area is 163 Å². The average molecular weight is 414 g/mol. The molecule has 0 spiro atoms. The first-order valence-corrected chi connectivity index (χ1v) is 8.76. The molecule has 1 aromatic carbocycles. The maximum atomic E-state index is 13.9. The lowest BCUT2D eigenvalue weighted by Gasteiger charge is -2.24. The summed E-state index contributed by atoms with van der Waals surface area (Å²) < 4.78 is 56.9. The third-order valence-corrected chi connectivity index (χ3v) is 4.68. The molecule has 1 aliphatic heterocycles. The fraction of sp³-hybridized carbons (Fsp3) is 0.389. The number of alkyl halides is 3. The van der Waals surface area contributed by atoms with Crippen molar-refractivity contribution in [1.29, 1.82) is 0 Å². The minimum absolute atomic E-state index is 0.101. The van der Waals surface area contributed by atoms with Crippen LogP contribution in [0.25, 0.3) is 0 Å². The summed E-state index contributed by atoms with van der Waals surface area (Å²) in [6.07, 6.45) is -3.09. The van der Waals surface area contributed by atoms with Crippen molar-refractivity contribution in [1.82, 2.24) is 4.98 Å². The highest BCUT2D eigenvalue weighted by atomic mass is 19.4. The molecule has 2 heterocycles. The number of pyridine rings is 1. The maximum absolute atomic E-state index is 13.9. The van der Waals surface area contributed by atoms with Crippen LogP contribution in [-0.4, -0.2) is 43.2 Å². The topological polar surface area (TPSA) is 71.7 Å². The molecule has 2 aromatic rings. The maximum Gasteiger partial charge on any atom is 0.417 e. The molecule has 29 heavy (non-hydrogen) atoms. The van der Waals surface area contributed by atoms with Gasteiger partial charge in [0, 0.05) is 38.4 Å². The first-order chi connectivity index (χ1) is 13.7. The normalized spacial score (nSPS) is 15.2. The molecule has 0 unspecified atom stereocenters. The second kappa shape index (κ2) is 8.10. The summed E-state index contributed by atoms with van der Waals surface area (Å²) in [4.78, 5) is 18.2. The number of hydrogen-bond donors (Lipinski definition) is 0. The minimum atomic E-state index is -4.46. The number of nitro benzene ring substituents is 1. The van der Waals surface area contributed by atoms with Crippen LogP contribution in [0.2, 0.25) is 0 Å². The Kier molecular flexibility index (Phi) is 5.76. The molecular formula is C18H18F4N4O3. The molecule has 0 saturated carbocycles. The van der Waals surface area contributed by atoms with Gasteiger partial charge in [-0.05, 0) is 18.6 Å². The highest BCUT2D eigenvalue weighted by Gasteiger charge is 2.31. The predicted molar refractivity (Wildman–Crippen MR) is 97.9 cm³/mol. The van der Waals surface area contributed by atoms with E-state index in [0.29, 0.717) is 38.4 Å². The zero-order valence-corrected chi connectivity index (χ0v) is 15.4. The highest BCUT2D eigenvalue weighted by Crippen LogP contribution is 2.35. The van der Waals surface area contributed by atoms with E-state index in [0.717, 1.165) is 18.3 Å². The summed E-state index contributed by atoms with van der Waals surface area (Å²) in [5.74, 6) is -0.532. The Balaban J connectivity index is 1.81. The van der Waals surface area contributed by atoms with Gasteiger partial charge in [-0.25, -0.2) is 9.37 Å². The number of hydrogen-bond acceptors (Lipinski definition) is 6. The van der Waals surface area contributed by atoms with E-state index in [-0.39, 0.29) is 17.1 Å². The van der Waals surface area contributed by atoms with Crippen LogP contribution in [0, 0.1) is 15.9 Å². The standard InChI is InChI=1S/C18H18F4N4O3/c1-29-16-10-14(15(26(27)28)9-13(16)19)24-5-2-6-25(8-7-24)17-4-3-12(11-23-17)18(20,21)22/h3-4,9-11H,2,5-8H2,1H3. The summed E-state index contributed by atoms with van der Waals surface area (Å²) >= 11 is 0. The molecule has 0 N–H and O–H groups in total. The Morgan fingerprint density at radius 1 is 1.14 bits per heavy atom. The van der Waals surface area contributed by atoms with Crippen LogP contribution in [0.15, 0.2) is 30.5 Å². The molecule has 0 atom stereocenters. The third-order valence-electron chi connectivity index (χ3n) is 4.68. The van der Waals surface area contributed by atoms with Gasteiger partial charge in [0.2, 0.25) is 0 Å². The molecule has 1 saturated heterocycles. The molecule has 156 valence electrons. The molecule has 1 aromatic heterocycles. The number of anilines is 2. The Bertz CT molecular complexity index is 890. The first-order valence-electron chi connectivity index (χ1n) is 8.76. The van der Waals surface area contributed by atoms with Gasteiger partial charge in [0.15, 0.2) is 11.6 Å². The molecule has 11 heteroatoms. The number of nitrogens with zero attached hydrogens (tertiary/aromatic N) is 4. The molecular weight excluding hydrogens is 396 g/mol. The number of halogens is 4. The molecule has 0 amide bonds. The van der Waals surface area contributed by atoms with Gasteiger partial charge in [-0.2, -0.15) is 13.2 Å². The fourth-order valence-corrected chi connectivity index (χ4v) is 3.22. The summed E-state index contributed by atoms with van der Waals surface area (Å²) in [6, 6.07) is 4.40. The number of benzene rings is 1. The second-order valence-corrected chi connectivity index (χ2v) is 6.46. The smallest absolute Gasteiger partial charge is 0.417 e. The third kappa shape index (κ3) is 4.49. The largest absolute Gasteiger partial charge is 0.494 e. The SMILES string of the molecule is COc1cc(N2CCCN(c3ccc(C(F)(F)F)cn3)CC2)c([N+](=O)[O-])cc1F. The minimum Gasteiger partial charge on any atom is -0.494 e. The van der Waals surface area contributed by atoms with E-state index < -0.39 is 22.5 Å². The summed E-state index contributed by atoms with van der Waals surface area (Å²) in [5.41, 5.74) is -0.966. The number of methoxy groups -OCH3 is 1. The number of ether oxygens (including phenoxy) is 1. The lowest BCUT2D eigenvalue weighted by molar-refractivity contribution is -0.384. The van der Waals surface area contributed by atoms with Crippen LogP contribution < -0.4 is 14.5 Å². The summed E-state index contributed by atoms with van der Waals surface area (Å²) in [6.45, 7) is 1.70. The molecule has 0 radical (unpaired) electrons. The monoisotopic (exact) mass is 414 g/mol. The van der Waals surface area contributed by atoms with Crippen molar-refractivity contribution < 1.29 is 27.2 Å². The number of aromatic nitrogens is 1. The van der Waals surface area contributed by atoms with Crippen LogP contribution in [0.3, 0.4) is 0 Å². The Morgan fingerprint density at radius 3 is 2.41 bits per heavy atom. The van der Waals surface area contributed by atoms with Gasteiger partial charge in [-0.1, -0.05) is 0 Å². The lowest BCUT2D eigenvalue weighted by Crippen LogP contribution is -2.31. The number of nitro groups is 1. The predicted octanol–water partition coefficient (Wildman–Crippen LogP) is 3.87. The van der Waals surface area contributed by atoms with Gasteiger partial charge < -0.3 is 14.5 Å². The fourth-order valence-electron chi connectivity index (χ4n) is 3.22. The van der Waals surface area contributed by atoms with E-state index in [1.165, 1.54) is 19.2 Å². The van der Waals surface area contributed by atoms with Gasteiger partial charge in [0.1, 0.15) is 11.5 Å². The zero-order chi connectivity index (χ0) is 21.2. The highest BCUT2D eigenvalue weighted by molar-refractivity contribution is 5.66. The molecule has 7 nitrogen and oxygen atoms in total. The van der Waals surface area contributed by atoms with Crippen LogP contribution in [-0.2, 0) is 6.18 Å². The van der Waals surface area contributed by atoms with Gasteiger partial charge in [0.25, 0.3) is 5.69 Å². The van der Waals surface area contributed by atoms with E-state index in [1.54, 1.807) is 4.90 Å². The quantitative estimate of drug-likeness (QED) is 0.430. The molecule has 0 bridgehead atoms. The molecule has 1 aliphatic rings. The van der Waals surface area contributed by atoms with E-state index in [9.17, 15) is 27.7 Å². The van der Waals surface area contributed by atoms with E-state index in [4.69, 9.17) is 4.74 Å².